The first-order valence-electron chi connectivity index (χ1n) is 8.50. The maximum absolute atomic E-state index is 12.7. The van der Waals surface area contributed by atoms with Crippen LogP contribution in [0.5, 0.6) is 17.2 Å². The average molecular weight is 415 g/mol. The molecule has 4 rings (SSSR count). The lowest BCUT2D eigenvalue weighted by Crippen LogP contribution is -2.07. The van der Waals surface area contributed by atoms with Gasteiger partial charge in [0.15, 0.2) is 23.0 Å². The SMILES string of the molecule is O=C(c1cc(O)c(O)c(O)c1)c1cc2cc(-c3ccc(C(F)(F)F)nc3)ccc2o1. The molecule has 30 heavy (non-hydrogen) atoms. The molecule has 3 N–H and O–H groups in total. The summed E-state index contributed by atoms with van der Waals surface area (Å²) >= 11 is 0. The Labute approximate surface area is 166 Å². The number of furan rings is 1. The predicted molar refractivity (Wildman–Crippen MR) is 99.3 cm³/mol. The van der Waals surface area contributed by atoms with Gasteiger partial charge in [-0.15, -0.1) is 0 Å². The van der Waals surface area contributed by atoms with Gasteiger partial charge in [0.2, 0.25) is 5.78 Å². The van der Waals surface area contributed by atoms with Crippen molar-refractivity contribution >= 4 is 16.8 Å². The Bertz CT molecular complexity index is 1250. The fraction of sp³-hybridized carbons (Fsp3) is 0.0476. The molecule has 0 radical (unpaired) electrons. The van der Waals surface area contributed by atoms with Crippen molar-refractivity contribution in [3.8, 4) is 28.4 Å². The van der Waals surface area contributed by atoms with E-state index in [0.29, 0.717) is 22.1 Å². The number of ketones is 1. The highest BCUT2D eigenvalue weighted by Gasteiger charge is 2.32. The van der Waals surface area contributed by atoms with Gasteiger partial charge in [0.1, 0.15) is 11.3 Å². The minimum absolute atomic E-state index is 0.0859. The lowest BCUT2D eigenvalue weighted by Gasteiger charge is -2.06. The number of carbonyl (C=O) groups is 1. The number of phenols is 3. The third-order valence-corrected chi connectivity index (χ3v) is 4.46. The van der Waals surface area contributed by atoms with Gasteiger partial charge in [-0.05, 0) is 42.0 Å². The van der Waals surface area contributed by atoms with Gasteiger partial charge in [-0.25, -0.2) is 0 Å². The van der Waals surface area contributed by atoms with Crippen LogP contribution in [0.3, 0.4) is 0 Å². The van der Waals surface area contributed by atoms with Crippen LogP contribution < -0.4 is 0 Å². The molecule has 152 valence electrons. The Morgan fingerprint density at radius 2 is 1.57 bits per heavy atom. The van der Waals surface area contributed by atoms with Crippen molar-refractivity contribution in [3.63, 3.8) is 0 Å². The highest BCUT2D eigenvalue weighted by Crippen LogP contribution is 2.36. The maximum Gasteiger partial charge on any atom is 0.433 e. The molecule has 2 heterocycles. The summed E-state index contributed by atoms with van der Waals surface area (Å²) in [6, 6.07) is 10.4. The predicted octanol–water partition coefficient (Wildman–Crippen LogP) is 4.86. The maximum atomic E-state index is 12.7. The van der Waals surface area contributed by atoms with E-state index in [0.717, 1.165) is 24.4 Å². The molecule has 2 aromatic carbocycles. The summed E-state index contributed by atoms with van der Waals surface area (Å²) in [6.07, 6.45) is -3.42. The fourth-order valence-electron chi connectivity index (χ4n) is 2.94. The highest BCUT2D eigenvalue weighted by molar-refractivity contribution is 6.09. The van der Waals surface area contributed by atoms with Crippen molar-refractivity contribution in [1.82, 2.24) is 4.98 Å². The third kappa shape index (κ3) is 3.41. The normalized spacial score (nSPS) is 11.7. The Balaban J connectivity index is 1.68. The van der Waals surface area contributed by atoms with Crippen LogP contribution in [0, 0.1) is 0 Å². The topological polar surface area (TPSA) is 104 Å². The molecule has 6 nitrogen and oxygen atoms in total. The van der Waals surface area contributed by atoms with Crippen molar-refractivity contribution < 1.29 is 37.7 Å². The number of aromatic hydroxyl groups is 3. The number of pyridine rings is 1. The van der Waals surface area contributed by atoms with Crippen molar-refractivity contribution in [3.05, 3.63) is 71.7 Å². The van der Waals surface area contributed by atoms with Crippen molar-refractivity contribution in [2.75, 3.05) is 0 Å². The zero-order chi connectivity index (χ0) is 21.6. The van der Waals surface area contributed by atoms with Crippen LogP contribution in [0.2, 0.25) is 0 Å². The number of hydrogen-bond donors (Lipinski definition) is 3. The Hall–Kier alpha value is -4.01. The molecule has 0 saturated carbocycles. The van der Waals surface area contributed by atoms with Crippen LogP contribution in [0.1, 0.15) is 21.8 Å². The number of nitrogens with zero attached hydrogens (tertiary/aromatic N) is 1. The molecular formula is C21H12F3NO5. The number of phenolic OH excluding ortho intramolecular Hbond substituents is 3. The molecule has 0 saturated heterocycles. The van der Waals surface area contributed by atoms with Crippen LogP contribution in [-0.2, 0) is 6.18 Å². The molecule has 2 aromatic heterocycles. The van der Waals surface area contributed by atoms with Crippen LogP contribution in [0.4, 0.5) is 13.2 Å². The summed E-state index contributed by atoms with van der Waals surface area (Å²) in [4.78, 5) is 16.0. The van der Waals surface area contributed by atoms with E-state index in [4.69, 9.17) is 4.42 Å². The number of carbonyl (C=O) groups excluding carboxylic acids is 1. The first-order valence-corrected chi connectivity index (χ1v) is 8.50. The molecule has 0 aliphatic rings. The Kier molecular flexibility index (Phi) is 4.38. The Morgan fingerprint density at radius 3 is 2.17 bits per heavy atom. The van der Waals surface area contributed by atoms with E-state index < -0.39 is 34.9 Å². The number of benzene rings is 2. The summed E-state index contributed by atoms with van der Waals surface area (Å²) in [5.41, 5.74) is 0.280. The molecular weight excluding hydrogens is 403 g/mol. The summed E-state index contributed by atoms with van der Waals surface area (Å²) in [6.45, 7) is 0. The van der Waals surface area contributed by atoms with Crippen molar-refractivity contribution in [2.24, 2.45) is 0 Å². The summed E-state index contributed by atoms with van der Waals surface area (Å²) in [5, 5.41) is 29.1. The molecule has 0 spiro atoms. The zero-order valence-corrected chi connectivity index (χ0v) is 14.9. The van der Waals surface area contributed by atoms with Gasteiger partial charge < -0.3 is 19.7 Å². The van der Waals surface area contributed by atoms with Crippen LogP contribution >= 0.6 is 0 Å². The van der Waals surface area contributed by atoms with E-state index >= 15 is 0 Å². The molecule has 0 atom stereocenters. The molecule has 0 unspecified atom stereocenters. The van der Waals surface area contributed by atoms with Crippen molar-refractivity contribution in [2.45, 2.75) is 6.18 Å². The second kappa shape index (κ2) is 6.80. The number of rotatable bonds is 3. The fourth-order valence-corrected chi connectivity index (χ4v) is 2.94. The van der Waals surface area contributed by atoms with E-state index in [1.165, 1.54) is 12.1 Å². The largest absolute Gasteiger partial charge is 0.504 e. The minimum Gasteiger partial charge on any atom is -0.504 e. The molecule has 0 aliphatic carbocycles. The number of alkyl halides is 3. The second-order valence-electron chi connectivity index (χ2n) is 6.49. The van der Waals surface area contributed by atoms with Gasteiger partial charge in [0.05, 0.1) is 0 Å². The van der Waals surface area contributed by atoms with Gasteiger partial charge in [-0.2, -0.15) is 13.2 Å². The molecule has 0 fully saturated rings. The second-order valence-corrected chi connectivity index (χ2v) is 6.49. The molecule has 0 aliphatic heterocycles. The minimum atomic E-state index is -4.53. The third-order valence-electron chi connectivity index (χ3n) is 4.46. The van der Waals surface area contributed by atoms with Crippen molar-refractivity contribution in [1.29, 1.82) is 0 Å². The summed E-state index contributed by atoms with van der Waals surface area (Å²) in [5.74, 6) is -2.80. The lowest BCUT2D eigenvalue weighted by atomic mass is 10.0. The Morgan fingerprint density at radius 1 is 0.900 bits per heavy atom. The average Bonchev–Trinajstić information content (AvgIpc) is 3.14. The van der Waals surface area contributed by atoms with E-state index in [2.05, 4.69) is 4.98 Å². The van der Waals surface area contributed by atoms with Crippen LogP contribution in [-0.4, -0.2) is 26.1 Å². The van der Waals surface area contributed by atoms with E-state index in [1.54, 1.807) is 18.2 Å². The molecule has 0 bridgehead atoms. The summed E-state index contributed by atoms with van der Waals surface area (Å²) < 4.78 is 43.5. The van der Waals surface area contributed by atoms with Gasteiger partial charge in [0.25, 0.3) is 0 Å². The number of halogens is 3. The van der Waals surface area contributed by atoms with E-state index in [-0.39, 0.29) is 11.3 Å². The lowest BCUT2D eigenvalue weighted by molar-refractivity contribution is -0.141. The van der Waals surface area contributed by atoms with Crippen LogP contribution in [0.15, 0.2) is 59.1 Å². The first kappa shape index (κ1) is 19.3. The highest BCUT2D eigenvalue weighted by atomic mass is 19.4. The van der Waals surface area contributed by atoms with Gasteiger partial charge >= 0.3 is 6.18 Å². The monoisotopic (exact) mass is 415 g/mol. The smallest absolute Gasteiger partial charge is 0.433 e. The quantitative estimate of drug-likeness (QED) is 0.326. The molecule has 0 amide bonds. The van der Waals surface area contributed by atoms with Gasteiger partial charge in [-0.1, -0.05) is 12.1 Å². The number of hydrogen-bond acceptors (Lipinski definition) is 6. The molecule has 4 aromatic rings. The zero-order valence-electron chi connectivity index (χ0n) is 14.9. The standard InChI is InChI=1S/C21H12F3NO5/c22-21(23,24)18-4-2-11(9-25-18)10-1-3-16-12(5-10)8-17(30-16)19(28)13-6-14(26)20(29)15(27)7-13/h1-9,26-27,29H. The van der Waals surface area contributed by atoms with E-state index in [9.17, 15) is 33.3 Å². The van der Waals surface area contributed by atoms with Crippen LogP contribution in [0.25, 0.3) is 22.1 Å². The van der Waals surface area contributed by atoms with Gasteiger partial charge in [-0.3, -0.25) is 9.78 Å². The first-order chi connectivity index (χ1) is 14.1. The van der Waals surface area contributed by atoms with Gasteiger partial charge in [0, 0.05) is 22.7 Å². The summed E-state index contributed by atoms with van der Waals surface area (Å²) in [7, 11) is 0. The van der Waals surface area contributed by atoms with E-state index in [1.807, 2.05) is 0 Å². The number of fused-ring (bicyclic) bond motifs is 1. The number of aromatic nitrogens is 1. The molecule has 9 heteroatoms.